The van der Waals surface area contributed by atoms with Crippen molar-refractivity contribution in [1.29, 1.82) is 0 Å². The molecule has 0 aliphatic carbocycles. The first kappa shape index (κ1) is 14.1. The van der Waals surface area contributed by atoms with Crippen LogP contribution in [0.4, 0.5) is 0 Å². The summed E-state index contributed by atoms with van der Waals surface area (Å²) in [5, 5.41) is 18.1. The van der Waals surface area contributed by atoms with E-state index in [4.69, 9.17) is 14.6 Å². The third-order valence-electron chi connectivity index (χ3n) is 2.52. The summed E-state index contributed by atoms with van der Waals surface area (Å²) in [6.07, 6.45) is 0.970. The monoisotopic (exact) mass is 252 g/mol. The van der Waals surface area contributed by atoms with E-state index in [9.17, 15) is 9.90 Å². The lowest BCUT2D eigenvalue weighted by atomic mass is 9.99. The van der Waals surface area contributed by atoms with Crippen LogP contribution in [0.25, 0.3) is 5.57 Å². The lowest BCUT2D eigenvalue weighted by Crippen LogP contribution is -2.02. The molecule has 0 atom stereocenters. The number of carboxylic acids is 1. The molecular weight excluding hydrogens is 236 g/mol. The summed E-state index contributed by atoms with van der Waals surface area (Å²) in [6, 6.07) is 3.40. The molecule has 0 aliphatic rings. The number of carboxylic acid groups (broad SMARTS) is 1. The normalized spacial score (nSPS) is 11.2. The molecule has 0 fully saturated rings. The minimum atomic E-state index is -1.11. The first-order valence-corrected chi connectivity index (χ1v) is 5.30. The predicted octanol–water partition coefficient (Wildman–Crippen LogP) is 1.47. The molecule has 0 saturated heterocycles. The van der Waals surface area contributed by atoms with Crippen molar-refractivity contribution in [2.24, 2.45) is 0 Å². The molecule has 5 nitrogen and oxygen atoms in total. The van der Waals surface area contributed by atoms with E-state index >= 15 is 0 Å². The molecule has 0 unspecified atom stereocenters. The summed E-state index contributed by atoms with van der Waals surface area (Å²) in [5.41, 5.74) is 1.63. The van der Waals surface area contributed by atoms with Crippen molar-refractivity contribution in [3.05, 3.63) is 29.3 Å². The zero-order valence-electron chi connectivity index (χ0n) is 10.6. The van der Waals surface area contributed by atoms with Crippen molar-refractivity contribution < 1.29 is 24.5 Å². The summed E-state index contributed by atoms with van der Waals surface area (Å²) in [4.78, 5) is 10.7. The van der Waals surface area contributed by atoms with Gasteiger partial charge in [-0.2, -0.15) is 0 Å². The summed E-state index contributed by atoms with van der Waals surface area (Å²) in [7, 11) is 3.02. The molecule has 0 amide bonds. The van der Waals surface area contributed by atoms with Crippen LogP contribution < -0.4 is 9.47 Å². The second-order valence-corrected chi connectivity index (χ2v) is 3.69. The van der Waals surface area contributed by atoms with E-state index in [1.165, 1.54) is 14.2 Å². The molecule has 1 aromatic rings. The first-order valence-electron chi connectivity index (χ1n) is 5.30. The van der Waals surface area contributed by atoms with Gasteiger partial charge in [-0.25, -0.2) is 4.79 Å². The van der Waals surface area contributed by atoms with Gasteiger partial charge in [0.2, 0.25) is 0 Å². The molecule has 0 heterocycles. The zero-order chi connectivity index (χ0) is 13.7. The standard InChI is InChI=1S/C13H16O5/c1-8-4-10(17-2)6-11(18-3)13(8)9(7-14)5-12(15)16/h4-6,14H,7H2,1-3H3,(H,15,16)/b9-5+. The Morgan fingerprint density at radius 2 is 2.00 bits per heavy atom. The fourth-order valence-electron chi connectivity index (χ4n) is 1.76. The van der Waals surface area contributed by atoms with Gasteiger partial charge in [-0.1, -0.05) is 0 Å². The topological polar surface area (TPSA) is 76.0 Å². The molecule has 18 heavy (non-hydrogen) atoms. The molecule has 0 spiro atoms. The predicted molar refractivity (Wildman–Crippen MR) is 67.0 cm³/mol. The second kappa shape index (κ2) is 6.07. The smallest absolute Gasteiger partial charge is 0.328 e. The minimum absolute atomic E-state index is 0.291. The Labute approximate surface area is 105 Å². The molecule has 0 aromatic heterocycles. The van der Waals surface area contributed by atoms with E-state index in [-0.39, 0.29) is 6.61 Å². The van der Waals surface area contributed by atoms with Crippen molar-refractivity contribution in [2.75, 3.05) is 20.8 Å². The van der Waals surface area contributed by atoms with Crippen molar-refractivity contribution >= 4 is 11.5 Å². The zero-order valence-corrected chi connectivity index (χ0v) is 10.6. The number of aliphatic hydroxyl groups excluding tert-OH is 1. The van der Waals surface area contributed by atoms with Crippen LogP contribution >= 0.6 is 0 Å². The quantitative estimate of drug-likeness (QED) is 0.776. The number of methoxy groups -OCH3 is 2. The molecule has 0 aliphatic heterocycles. The Morgan fingerprint density at radius 3 is 2.44 bits per heavy atom. The number of benzene rings is 1. The van der Waals surface area contributed by atoms with E-state index in [2.05, 4.69) is 0 Å². The van der Waals surface area contributed by atoms with Crippen LogP contribution in [0, 0.1) is 6.92 Å². The van der Waals surface area contributed by atoms with Gasteiger partial charge in [-0.05, 0) is 24.1 Å². The fraction of sp³-hybridized carbons (Fsp3) is 0.308. The molecule has 5 heteroatoms. The molecular formula is C13H16O5. The van der Waals surface area contributed by atoms with Crippen LogP contribution in [0.2, 0.25) is 0 Å². The number of aryl methyl sites for hydroxylation is 1. The fourth-order valence-corrected chi connectivity index (χ4v) is 1.76. The number of ether oxygens (including phenoxy) is 2. The number of aliphatic carboxylic acids is 1. The van der Waals surface area contributed by atoms with Crippen molar-refractivity contribution in [1.82, 2.24) is 0 Å². The van der Waals surface area contributed by atoms with Crippen LogP contribution in [-0.2, 0) is 4.79 Å². The highest BCUT2D eigenvalue weighted by molar-refractivity contribution is 5.92. The number of aliphatic hydroxyl groups is 1. The van der Waals surface area contributed by atoms with Crippen LogP contribution in [0.3, 0.4) is 0 Å². The van der Waals surface area contributed by atoms with Crippen molar-refractivity contribution in [2.45, 2.75) is 6.92 Å². The largest absolute Gasteiger partial charge is 0.497 e. The lowest BCUT2D eigenvalue weighted by Gasteiger charge is -2.15. The van der Waals surface area contributed by atoms with E-state index in [0.717, 1.165) is 11.6 Å². The summed E-state index contributed by atoms with van der Waals surface area (Å²) in [6.45, 7) is 1.42. The van der Waals surface area contributed by atoms with Gasteiger partial charge in [0.15, 0.2) is 0 Å². The van der Waals surface area contributed by atoms with Gasteiger partial charge in [-0.15, -0.1) is 0 Å². The number of carbonyl (C=O) groups is 1. The van der Waals surface area contributed by atoms with Crippen LogP contribution in [0.1, 0.15) is 11.1 Å². The first-order chi connectivity index (χ1) is 8.53. The Bertz CT molecular complexity index is 477. The van der Waals surface area contributed by atoms with E-state index in [1.807, 2.05) is 0 Å². The average molecular weight is 252 g/mol. The van der Waals surface area contributed by atoms with Gasteiger partial charge in [0, 0.05) is 17.7 Å². The van der Waals surface area contributed by atoms with E-state index < -0.39 is 5.97 Å². The third-order valence-corrected chi connectivity index (χ3v) is 2.52. The lowest BCUT2D eigenvalue weighted by molar-refractivity contribution is -0.131. The maximum atomic E-state index is 10.7. The Hall–Kier alpha value is -2.01. The molecule has 1 rings (SSSR count). The molecule has 1 aromatic carbocycles. The molecule has 0 radical (unpaired) electrons. The minimum Gasteiger partial charge on any atom is -0.497 e. The number of rotatable bonds is 5. The highest BCUT2D eigenvalue weighted by Crippen LogP contribution is 2.33. The van der Waals surface area contributed by atoms with Crippen LogP contribution in [0.15, 0.2) is 18.2 Å². The van der Waals surface area contributed by atoms with Crippen LogP contribution in [-0.4, -0.2) is 37.0 Å². The summed E-state index contributed by atoms with van der Waals surface area (Å²) >= 11 is 0. The number of hydrogen-bond donors (Lipinski definition) is 2. The Kier molecular flexibility index (Phi) is 4.74. The molecule has 0 bridgehead atoms. The van der Waals surface area contributed by atoms with E-state index in [0.29, 0.717) is 22.6 Å². The Balaban J connectivity index is 3.42. The highest BCUT2D eigenvalue weighted by atomic mass is 16.5. The van der Waals surface area contributed by atoms with Crippen LogP contribution in [0.5, 0.6) is 11.5 Å². The van der Waals surface area contributed by atoms with Crippen molar-refractivity contribution in [3.63, 3.8) is 0 Å². The van der Waals surface area contributed by atoms with Gasteiger partial charge in [-0.3, -0.25) is 0 Å². The third kappa shape index (κ3) is 3.01. The van der Waals surface area contributed by atoms with Gasteiger partial charge in [0.1, 0.15) is 11.5 Å². The highest BCUT2D eigenvalue weighted by Gasteiger charge is 2.14. The summed E-state index contributed by atoms with van der Waals surface area (Å²) in [5.74, 6) is -0.0366. The SMILES string of the molecule is COc1cc(C)c(/C(=C/C(=O)O)CO)c(OC)c1. The maximum Gasteiger partial charge on any atom is 0.328 e. The van der Waals surface area contributed by atoms with Crippen molar-refractivity contribution in [3.8, 4) is 11.5 Å². The van der Waals surface area contributed by atoms with E-state index in [1.54, 1.807) is 19.1 Å². The average Bonchev–Trinajstić information content (AvgIpc) is 2.35. The van der Waals surface area contributed by atoms with Gasteiger partial charge in [0.25, 0.3) is 0 Å². The Morgan fingerprint density at radius 1 is 1.33 bits per heavy atom. The van der Waals surface area contributed by atoms with Gasteiger partial charge >= 0.3 is 5.97 Å². The molecule has 2 N–H and O–H groups in total. The van der Waals surface area contributed by atoms with Gasteiger partial charge < -0.3 is 19.7 Å². The molecule has 0 saturated carbocycles. The summed E-state index contributed by atoms with van der Waals surface area (Å²) < 4.78 is 10.3. The second-order valence-electron chi connectivity index (χ2n) is 3.69. The number of hydrogen-bond acceptors (Lipinski definition) is 4. The van der Waals surface area contributed by atoms with Gasteiger partial charge in [0.05, 0.1) is 20.8 Å². The maximum absolute atomic E-state index is 10.7. The molecule has 98 valence electrons.